The first-order valence-electron chi connectivity index (χ1n) is 13.7. The van der Waals surface area contributed by atoms with Crippen LogP contribution in [0.2, 0.25) is 0 Å². The standard InChI is InChI=1S/C32H37BrO3/c1-5-18(2)31(34)35-29-22-13-24-15-23(29)16-25(14-22)30(24)36-32(3,4)27-11-10-21-12-19-8-6-7-9-20(19)17-26(21)28(27)33/h6-12,17-18,22-25,29-30H,5,13-16H2,1-4H3. The molecule has 4 fully saturated rings. The van der Waals surface area contributed by atoms with E-state index in [-0.39, 0.29) is 24.1 Å². The molecule has 0 N–H and O–H groups in total. The summed E-state index contributed by atoms with van der Waals surface area (Å²) < 4.78 is 14.3. The number of benzene rings is 3. The molecule has 1 unspecified atom stereocenters. The Morgan fingerprint density at radius 2 is 1.50 bits per heavy atom. The summed E-state index contributed by atoms with van der Waals surface area (Å²) >= 11 is 3.97. The number of hydrogen-bond acceptors (Lipinski definition) is 3. The van der Waals surface area contributed by atoms with Crippen molar-refractivity contribution in [2.75, 3.05) is 0 Å². The lowest BCUT2D eigenvalue weighted by atomic mass is 9.53. The van der Waals surface area contributed by atoms with Crippen molar-refractivity contribution in [2.24, 2.45) is 29.6 Å². The van der Waals surface area contributed by atoms with Gasteiger partial charge in [0.05, 0.1) is 17.6 Å². The van der Waals surface area contributed by atoms with Gasteiger partial charge in [0.15, 0.2) is 0 Å². The highest BCUT2D eigenvalue weighted by molar-refractivity contribution is 9.10. The average Bonchev–Trinajstić information content (AvgIpc) is 2.85. The van der Waals surface area contributed by atoms with E-state index in [1.165, 1.54) is 27.1 Å². The summed E-state index contributed by atoms with van der Waals surface area (Å²) in [5.41, 5.74) is 0.806. The smallest absolute Gasteiger partial charge is 0.308 e. The van der Waals surface area contributed by atoms with E-state index in [9.17, 15) is 4.79 Å². The van der Waals surface area contributed by atoms with Gasteiger partial charge in [0.25, 0.3) is 0 Å². The molecule has 3 aromatic carbocycles. The van der Waals surface area contributed by atoms with Gasteiger partial charge in [-0.3, -0.25) is 4.79 Å². The Kier molecular flexibility index (Phi) is 6.20. The zero-order valence-electron chi connectivity index (χ0n) is 21.8. The Morgan fingerprint density at radius 1 is 0.917 bits per heavy atom. The van der Waals surface area contributed by atoms with Gasteiger partial charge in [-0.05, 0) is 125 Å². The molecule has 3 nitrogen and oxygen atoms in total. The summed E-state index contributed by atoms with van der Waals surface area (Å²) in [6.07, 6.45) is 5.73. The third-order valence-electron chi connectivity index (χ3n) is 9.45. The van der Waals surface area contributed by atoms with Gasteiger partial charge in [0.2, 0.25) is 0 Å². The Hall–Kier alpha value is -1.91. The monoisotopic (exact) mass is 548 g/mol. The maximum atomic E-state index is 12.5. The van der Waals surface area contributed by atoms with Gasteiger partial charge in [-0.1, -0.05) is 50.2 Å². The number of ether oxygens (including phenoxy) is 2. The van der Waals surface area contributed by atoms with Crippen LogP contribution in [0.3, 0.4) is 0 Å². The number of hydrogen-bond donors (Lipinski definition) is 0. The molecule has 190 valence electrons. The van der Waals surface area contributed by atoms with Crippen LogP contribution < -0.4 is 0 Å². The van der Waals surface area contributed by atoms with Crippen molar-refractivity contribution < 1.29 is 14.3 Å². The molecule has 0 radical (unpaired) electrons. The highest BCUT2D eigenvalue weighted by Gasteiger charge is 2.56. The van der Waals surface area contributed by atoms with E-state index in [0.29, 0.717) is 23.7 Å². The van der Waals surface area contributed by atoms with E-state index >= 15 is 0 Å². The second kappa shape index (κ2) is 9.13. The predicted molar refractivity (Wildman–Crippen MR) is 149 cm³/mol. The Bertz CT molecular complexity index is 1280. The summed E-state index contributed by atoms with van der Waals surface area (Å²) in [5, 5.41) is 5.00. The maximum absolute atomic E-state index is 12.5. The van der Waals surface area contributed by atoms with Crippen molar-refractivity contribution in [3.05, 3.63) is 58.6 Å². The molecule has 0 saturated heterocycles. The maximum Gasteiger partial charge on any atom is 0.308 e. The molecule has 1 atom stereocenters. The second-order valence-corrected chi connectivity index (χ2v) is 12.9. The number of rotatable bonds is 6. The number of fused-ring (bicyclic) bond motifs is 2. The largest absolute Gasteiger partial charge is 0.462 e. The first kappa shape index (κ1) is 24.4. The molecule has 4 saturated carbocycles. The lowest BCUT2D eigenvalue weighted by molar-refractivity contribution is -0.217. The van der Waals surface area contributed by atoms with Gasteiger partial charge >= 0.3 is 5.97 Å². The fourth-order valence-corrected chi connectivity index (χ4v) is 8.38. The highest BCUT2D eigenvalue weighted by Crippen LogP contribution is 2.57. The molecular formula is C32H37BrO3. The minimum absolute atomic E-state index is 0.00200. The van der Waals surface area contributed by atoms with Crippen molar-refractivity contribution in [3.63, 3.8) is 0 Å². The SMILES string of the molecule is CCC(C)C(=O)OC1C2CC3CC1CC(C2)C3OC(C)(C)c1ccc2cc3ccccc3cc2c1Br. The summed E-state index contributed by atoms with van der Waals surface area (Å²) in [7, 11) is 0. The van der Waals surface area contributed by atoms with E-state index in [1.807, 2.05) is 6.92 Å². The molecule has 0 aliphatic heterocycles. The predicted octanol–water partition coefficient (Wildman–Crippen LogP) is 8.40. The van der Waals surface area contributed by atoms with E-state index in [0.717, 1.165) is 36.6 Å². The third-order valence-corrected chi connectivity index (χ3v) is 10.3. The molecule has 0 spiro atoms. The second-order valence-electron chi connectivity index (χ2n) is 12.1. The van der Waals surface area contributed by atoms with Gasteiger partial charge in [-0.2, -0.15) is 0 Å². The molecular weight excluding hydrogens is 512 g/mol. The zero-order chi connectivity index (χ0) is 25.2. The fourth-order valence-electron chi connectivity index (χ4n) is 7.43. The van der Waals surface area contributed by atoms with Crippen LogP contribution in [0.1, 0.15) is 65.4 Å². The quantitative estimate of drug-likeness (QED) is 0.229. The van der Waals surface area contributed by atoms with Crippen molar-refractivity contribution in [1.29, 1.82) is 0 Å². The lowest BCUT2D eigenvalue weighted by Gasteiger charge is -2.58. The van der Waals surface area contributed by atoms with E-state index in [4.69, 9.17) is 9.47 Å². The summed E-state index contributed by atoms with van der Waals surface area (Å²) in [6.45, 7) is 8.49. The molecule has 36 heavy (non-hydrogen) atoms. The summed E-state index contributed by atoms with van der Waals surface area (Å²) in [4.78, 5) is 12.5. The molecule has 4 aliphatic carbocycles. The van der Waals surface area contributed by atoms with Crippen molar-refractivity contribution in [1.82, 2.24) is 0 Å². The van der Waals surface area contributed by atoms with Crippen LogP contribution >= 0.6 is 15.9 Å². The molecule has 0 heterocycles. The van der Waals surface area contributed by atoms with Gasteiger partial charge in [0.1, 0.15) is 6.10 Å². The Balaban J connectivity index is 1.22. The Morgan fingerprint density at radius 3 is 2.11 bits per heavy atom. The van der Waals surface area contributed by atoms with E-state index in [1.54, 1.807) is 0 Å². The van der Waals surface area contributed by atoms with Crippen LogP contribution in [-0.2, 0) is 19.9 Å². The van der Waals surface area contributed by atoms with Crippen LogP contribution in [0, 0.1) is 29.6 Å². The van der Waals surface area contributed by atoms with Gasteiger partial charge in [-0.15, -0.1) is 0 Å². The molecule has 0 aromatic heterocycles. The molecule has 3 aromatic rings. The minimum Gasteiger partial charge on any atom is -0.462 e. The minimum atomic E-state index is -0.402. The molecule has 7 rings (SSSR count). The van der Waals surface area contributed by atoms with Gasteiger partial charge in [0, 0.05) is 4.47 Å². The van der Waals surface area contributed by atoms with Crippen LogP contribution in [-0.4, -0.2) is 18.2 Å². The first-order valence-corrected chi connectivity index (χ1v) is 14.5. The Labute approximate surface area is 223 Å². The third kappa shape index (κ3) is 4.09. The highest BCUT2D eigenvalue weighted by atomic mass is 79.9. The summed E-state index contributed by atoms with van der Waals surface area (Å²) in [5.74, 6) is 2.13. The normalized spacial score (nSPS) is 30.1. The number of halogens is 1. The molecule has 0 amide bonds. The number of carbonyl (C=O) groups excluding carboxylic acids is 1. The van der Waals surface area contributed by atoms with Crippen molar-refractivity contribution in [2.45, 2.75) is 77.6 Å². The number of esters is 1. The van der Waals surface area contributed by atoms with E-state index in [2.05, 4.69) is 85.2 Å². The van der Waals surface area contributed by atoms with E-state index < -0.39 is 5.60 Å². The molecule has 4 bridgehead atoms. The van der Waals surface area contributed by atoms with Crippen LogP contribution in [0.5, 0.6) is 0 Å². The van der Waals surface area contributed by atoms with Gasteiger partial charge in [-0.25, -0.2) is 0 Å². The zero-order valence-corrected chi connectivity index (χ0v) is 23.4. The lowest BCUT2D eigenvalue weighted by Crippen LogP contribution is -2.57. The van der Waals surface area contributed by atoms with Gasteiger partial charge < -0.3 is 9.47 Å². The van der Waals surface area contributed by atoms with Crippen LogP contribution in [0.4, 0.5) is 0 Å². The fraction of sp³-hybridized carbons (Fsp3) is 0.531. The first-order chi connectivity index (χ1) is 17.2. The average molecular weight is 550 g/mol. The molecule has 4 heteroatoms. The van der Waals surface area contributed by atoms with Crippen LogP contribution in [0.25, 0.3) is 21.5 Å². The number of carbonyl (C=O) groups is 1. The summed E-state index contributed by atoms with van der Waals surface area (Å²) in [6, 6.07) is 17.6. The topological polar surface area (TPSA) is 35.5 Å². The van der Waals surface area contributed by atoms with Crippen molar-refractivity contribution >= 4 is 43.4 Å². The van der Waals surface area contributed by atoms with Crippen molar-refractivity contribution in [3.8, 4) is 0 Å². The molecule has 4 aliphatic rings. The van der Waals surface area contributed by atoms with Crippen LogP contribution in [0.15, 0.2) is 53.0 Å².